The lowest BCUT2D eigenvalue weighted by atomic mass is 10.0. The summed E-state index contributed by atoms with van der Waals surface area (Å²) < 4.78 is 0. The molecule has 2 aliphatic rings. The third-order valence-corrected chi connectivity index (χ3v) is 4.91. The van der Waals surface area contributed by atoms with Crippen molar-refractivity contribution in [1.29, 1.82) is 0 Å². The van der Waals surface area contributed by atoms with E-state index >= 15 is 0 Å². The van der Waals surface area contributed by atoms with E-state index in [4.69, 9.17) is 0 Å². The average molecular weight is 273 g/mol. The fourth-order valence-electron chi connectivity index (χ4n) is 3.73. The van der Waals surface area contributed by atoms with Crippen molar-refractivity contribution >= 4 is 0 Å². The van der Waals surface area contributed by atoms with Gasteiger partial charge in [-0.05, 0) is 38.9 Å². The summed E-state index contributed by atoms with van der Waals surface area (Å²) in [6.45, 7) is 8.36. The zero-order chi connectivity index (χ0) is 13.9. The Morgan fingerprint density at radius 3 is 3.00 bits per heavy atom. The van der Waals surface area contributed by atoms with Gasteiger partial charge in [-0.3, -0.25) is 9.80 Å². The van der Waals surface area contributed by atoms with Crippen LogP contribution in [0.15, 0.2) is 24.3 Å². The van der Waals surface area contributed by atoms with Gasteiger partial charge in [0.15, 0.2) is 0 Å². The fraction of sp³-hybridized carbons (Fsp3) is 0.647. The summed E-state index contributed by atoms with van der Waals surface area (Å²) in [5, 5.41) is 3.50. The van der Waals surface area contributed by atoms with E-state index in [-0.39, 0.29) is 0 Å². The van der Waals surface area contributed by atoms with E-state index in [1.54, 1.807) is 0 Å². The van der Waals surface area contributed by atoms with E-state index in [9.17, 15) is 0 Å². The summed E-state index contributed by atoms with van der Waals surface area (Å²) >= 11 is 0. The summed E-state index contributed by atoms with van der Waals surface area (Å²) in [7, 11) is 2.08. The summed E-state index contributed by atoms with van der Waals surface area (Å²) in [5.41, 5.74) is 2.77. The third-order valence-electron chi connectivity index (χ3n) is 4.91. The topological polar surface area (TPSA) is 18.5 Å². The highest BCUT2D eigenvalue weighted by atomic mass is 15.3. The molecule has 0 radical (unpaired) electrons. The summed E-state index contributed by atoms with van der Waals surface area (Å²) in [6, 6.07) is 10.2. The Bertz CT molecular complexity index is 446. The number of likely N-dealkylation sites (N-methyl/N-ethyl adjacent to an activating group) is 1. The van der Waals surface area contributed by atoms with Crippen molar-refractivity contribution in [3.05, 3.63) is 35.4 Å². The lowest BCUT2D eigenvalue weighted by Crippen LogP contribution is -2.51. The Balaban J connectivity index is 1.63. The number of hydrogen-bond acceptors (Lipinski definition) is 3. The highest BCUT2D eigenvalue weighted by Crippen LogP contribution is 2.23. The Hall–Kier alpha value is -0.900. The second kappa shape index (κ2) is 6.25. The molecule has 2 heterocycles. The van der Waals surface area contributed by atoms with Crippen LogP contribution in [0.25, 0.3) is 0 Å². The summed E-state index contributed by atoms with van der Waals surface area (Å²) in [5.74, 6) is 0. The summed E-state index contributed by atoms with van der Waals surface area (Å²) in [6.07, 6.45) is 2.79. The molecule has 20 heavy (non-hydrogen) atoms. The molecule has 1 N–H and O–H groups in total. The number of piperazine rings is 1. The SMILES string of the molecule is CNC(CN1CCN2CCCC2C1)c1cccc(C)c1. The Labute approximate surface area is 123 Å². The van der Waals surface area contributed by atoms with Gasteiger partial charge in [0, 0.05) is 38.3 Å². The molecule has 1 aromatic carbocycles. The maximum Gasteiger partial charge on any atom is 0.0446 e. The van der Waals surface area contributed by atoms with E-state index in [1.807, 2.05) is 0 Å². The molecule has 2 fully saturated rings. The van der Waals surface area contributed by atoms with E-state index in [0.717, 1.165) is 12.6 Å². The van der Waals surface area contributed by atoms with Crippen molar-refractivity contribution in [2.24, 2.45) is 0 Å². The Morgan fingerprint density at radius 2 is 2.20 bits per heavy atom. The maximum atomic E-state index is 3.50. The van der Waals surface area contributed by atoms with Gasteiger partial charge in [-0.15, -0.1) is 0 Å². The van der Waals surface area contributed by atoms with Crippen LogP contribution in [-0.2, 0) is 0 Å². The number of benzene rings is 1. The van der Waals surface area contributed by atoms with E-state index < -0.39 is 0 Å². The molecule has 3 rings (SSSR count). The van der Waals surface area contributed by atoms with Gasteiger partial charge in [-0.2, -0.15) is 0 Å². The lowest BCUT2D eigenvalue weighted by molar-refractivity contribution is 0.0971. The lowest BCUT2D eigenvalue weighted by Gasteiger charge is -2.39. The molecule has 2 unspecified atom stereocenters. The van der Waals surface area contributed by atoms with Crippen molar-refractivity contribution < 1.29 is 0 Å². The van der Waals surface area contributed by atoms with Gasteiger partial charge >= 0.3 is 0 Å². The van der Waals surface area contributed by atoms with Crippen LogP contribution in [0.1, 0.15) is 30.0 Å². The molecule has 2 atom stereocenters. The van der Waals surface area contributed by atoms with Gasteiger partial charge in [0.1, 0.15) is 0 Å². The minimum absolute atomic E-state index is 0.447. The highest BCUT2D eigenvalue weighted by Gasteiger charge is 2.31. The van der Waals surface area contributed by atoms with Gasteiger partial charge in [0.2, 0.25) is 0 Å². The Morgan fingerprint density at radius 1 is 1.30 bits per heavy atom. The average Bonchev–Trinajstić information content (AvgIpc) is 2.92. The fourth-order valence-corrected chi connectivity index (χ4v) is 3.73. The molecule has 0 aromatic heterocycles. The molecule has 0 saturated carbocycles. The first kappa shape index (κ1) is 14.1. The maximum absolute atomic E-state index is 3.50. The van der Waals surface area contributed by atoms with E-state index in [2.05, 4.69) is 53.4 Å². The molecule has 110 valence electrons. The smallest absolute Gasteiger partial charge is 0.0446 e. The normalized spacial score (nSPS) is 25.6. The van der Waals surface area contributed by atoms with Crippen LogP contribution in [0.3, 0.4) is 0 Å². The molecule has 3 nitrogen and oxygen atoms in total. The van der Waals surface area contributed by atoms with Crippen LogP contribution in [0.2, 0.25) is 0 Å². The Kier molecular flexibility index (Phi) is 4.39. The van der Waals surface area contributed by atoms with Crippen LogP contribution in [-0.4, -0.2) is 55.6 Å². The molecule has 0 amide bonds. The van der Waals surface area contributed by atoms with Crippen molar-refractivity contribution in [3.63, 3.8) is 0 Å². The van der Waals surface area contributed by atoms with Gasteiger partial charge in [-0.25, -0.2) is 0 Å². The monoisotopic (exact) mass is 273 g/mol. The van der Waals surface area contributed by atoms with E-state index in [0.29, 0.717) is 6.04 Å². The molecule has 1 aromatic rings. The number of hydrogen-bond donors (Lipinski definition) is 1. The van der Waals surface area contributed by atoms with Crippen LogP contribution in [0, 0.1) is 6.92 Å². The van der Waals surface area contributed by atoms with Crippen LogP contribution >= 0.6 is 0 Å². The number of nitrogens with zero attached hydrogens (tertiary/aromatic N) is 2. The van der Waals surface area contributed by atoms with Crippen molar-refractivity contribution in [2.75, 3.05) is 39.8 Å². The van der Waals surface area contributed by atoms with Crippen molar-refractivity contribution in [2.45, 2.75) is 31.8 Å². The van der Waals surface area contributed by atoms with Crippen LogP contribution in [0.4, 0.5) is 0 Å². The molecule has 0 bridgehead atoms. The van der Waals surface area contributed by atoms with Gasteiger partial charge in [0.05, 0.1) is 0 Å². The van der Waals surface area contributed by atoms with E-state index in [1.165, 1.54) is 50.1 Å². The van der Waals surface area contributed by atoms with Crippen LogP contribution < -0.4 is 5.32 Å². The standard InChI is InChI=1S/C17H27N3/c1-14-5-3-6-15(11-14)17(18-2)13-19-9-10-20-8-4-7-16(20)12-19/h3,5-6,11,16-18H,4,7-10,12-13H2,1-2H3. The zero-order valence-corrected chi connectivity index (χ0v) is 12.8. The van der Waals surface area contributed by atoms with Gasteiger partial charge in [0.25, 0.3) is 0 Å². The molecule has 0 aliphatic carbocycles. The second-order valence-corrected chi connectivity index (χ2v) is 6.35. The highest BCUT2D eigenvalue weighted by molar-refractivity contribution is 5.25. The minimum Gasteiger partial charge on any atom is -0.312 e. The van der Waals surface area contributed by atoms with Gasteiger partial charge in [-0.1, -0.05) is 29.8 Å². The molecule has 3 heteroatoms. The van der Waals surface area contributed by atoms with Gasteiger partial charge < -0.3 is 5.32 Å². The predicted molar refractivity (Wildman–Crippen MR) is 84.0 cm³/mol. The molecule has 2 saturated heterocycles. The third kappa shape index (κ3) is 3.05. The van der Waals surface area contributed by atoms with Crippen molar-refractivity contribution in [3.8, 4) is 0 Å². The molecule has 2 aliphatic heterocycles. The number of nitrogens with one attached hydrogen (secondary N) is 1. The number of rotatable bonds is 4. The summed E-state index contributed by atoms with van der Waals surface area (Å²) in [4.78, 5) is 5.33. The number of fused-ring (bicyclic) bond motifs is 1. The second-order valence-electron chi connectivity index (χ2n) is 6.35. The molecular weight excluding hydrogens is 246 g/mol. The quantitative estimate of drug-likeness (QED) is 0.905. The number of aryl methyl sites for hydroxylation is 1. The first-order chi connectivity index (χ1) is 9.76. The first-order valence-corrected chi connectivity index (χ1v) is 7.96. The molecule has 0 spiro atoms. The first-order valence-electron chi connectivity index (χ1n) is 7.96. The van der Waals surface area contributed by atoms with Crippen LogP contribution in [0.5, 0.6) is 0 Å². The minimum atomic E-state index is 0.447. The largest absolute Gasteiger partial charge is 0.312 e. The zero-order valence-electron chi connectivity index (χ0n) is 12.8. The van der Waals surface area contributed by atoms with Crippen molar-refractivity contribution in [1.82, 2.24) is 15.1 Å². The molecular formula is C17H27N3. The predicted octanol–water partition coefficient (Wildman–Crippen LogP) is 2.04.